The van der Waals surface area contributed by atoms with E-state index in [2.05, 4.69) is 0 Å². The molecule has 0 fully saturated rings. The topological polar surface area (TPSA) is 82.1 Å². The Labute approximate surface area is 125 Å². The molecule has 1 aromatic carbocycles. The van der Waals surface area contributed by atoms with Crippen LogP contribution >= 0.6 is 0 Å². The summed E-state index contributed by atoms with van der Waals surface area (Å²) >= 11 is 0. The predicted octanol–water partition coefficient (Wildman–Crippen LogP) is 1.03. The molecule has 1 aromatic rings. The van der Waals surface area contributed by atoms with Crippen LogP contribution in [0.4, 0.5) is 0 Å². The van der Waals surface area contributed by atoms with Gasteiger partial charge in [0.2, 0.25) is 0 Å². The van der Waals surface area contributed by atoms with Crippen LogP contribution in [0.25, 0.3) is 0 Å². The van der Waals surface area contributed by atoms with Crippen LogP contribution in [-0.4, -0.2) is 53.2 Å². The average Bonchev–Trinajstić information content (AvgIpc) is 2.41. The highest BCUT2D eigenvalue weighted by molar-refractivity contribution is 7.86. The molecule has 0 aliphatic heterocycles. The van der Waals surface area contributed by atoms with Crippen molar-refractivity contribution in [2.45, 2.75) is 18.7 Å². The molecule has 0 unspecified atom stereocenters. The summed E-state index contributed by atoms with van der Waals surface area (Å²) in [7, 11) is -3.75. The first kappa shape index (κ1) is 18.1. The van der Waals surface area contributed by atoms with E-state index in [0.29, 0.717) is 18.8 Å². The molecule has 0 spiro atoms. The number of ether oxygens (including phenoxy) is 2. The molecule has 0 bridgehead atoms. The molecular formula is C14H22O6S. The minimum atomic E-state index is -3.75. The van der Waals surface area contributed by atoms with Crippen molar-refractivity contribution in [3.8, 4) is 0 Å². The van der Waals surface area contributed by atoms with E-state index in [1.807, 2.05) is 6.92 Å². The van der Waals surface area contributed by atoms with Crippen LogP contribution in [0.2, 0.25) is 0 Å². The van der Waals surface area contributed by atoms with Crippen LogP contribution in [0.5, 0.6) is 0 Å². The van der Waals surface area contributed by atoms with Gasteiger partial charge in [-0.3, -0.25) is 4.18 Å². The lowest BCUT2D eigenvalue weighted by Crippen LogP contribution is -2.14. The largest absolute Gasteiger partial charge is 0.394 e. The normalized spacial score (nSPS) is 11.8. The van der Waals surface area contributed by atoms with Gasteiger partial charge in [-0.05, 0) is 25.5 Å². The summed E-state index contributed by atoms with van der Waals surface area (Å²) in [6.07, 6.45) is 0. The van der Waals surface area contributed by atoms with Gasteiger partial charge in [0.05, 0.1) is 44.5 Å². The first-order valence-corrected chi connectivity index (χ1v) is 8.11. The smallest absolute Gasteiger partial charge is 0.297 e. The zero-order chi connectivity index (χ0) is 15.7. The molecule has 120 valence electrons. The van der Waals surface area contributed by atoms with Crippen LogP contribution in [-0.2, 0) is 23.8 Å². The van der Waals surface area contributed by atoms with E-state index in [1.165, 1.54) is 0 Å². The Hall–Kier alpha value is -0.990. The van der Waals surface area contributed by atoms with Crippen LogP contribution in [0.15, 0.2) is 23.1 Å². The van der Waals surface area contributed by atoms with E-state index in [-0.39, 0.29) is 31.3 Å². The summed E-state index contributed by atoms with van der Waals surface area (Å²) in [5, 5.41) is 8.49. The zero-order valence-corrected chi connectivity index (χ0v) is 13.2. The van der Waals surface area contributed by atoms with Crippen LogP contribution < -0.4 is 0 Å². The molecule has 0 saturated heterocycles. The Morgan fingerprint density at radius 2 is 1.62 bits per heavy atom. The van der Waals surface area contributed by atoms with Crippen molar-refractivity contribution in [3.63, 3.8) is 0 Å². The lowest BCUT2D eigenvalue weighted by Gasteiger charge is -2.09. The zero-order valence-electron chi connectivity index (χ0n) is 12.4. The number of aliphatic hydroxyl groups excluding tert-OH is 1. The van der Waals surface area contributed by atoms with Gasteiger partial charge >= 0.3 is 0 Å². The molecule has 0 radical (unpaired) electrons. The molecule has 1 N–H and O–H groups in total. The Morgan fingerprint density at radius 3 is 2.24 bits per heavy atom. The fourth-order valence-corrected chi connectivity index (χ4v) is 2.83. The van der Waals surface area contributed by atoms with Crippen molar-refractivity contribution in [2.24, 2.45) is 0 Å². The van der Waals surface area contributed by atoms with Gasteiger partial charge in [0.1, 0.15) is 0 Å². The maximum Gasteiger partial charge on any atom is 0.297 e. The van der Waals surface area contributed by atoms with Crippen molar-refractivity contribution >= 4 is 10.1 Å². The molecule has 0 aliphatic carbocycles. The molecular weight excluding hydrogens is 296 g/mol. The number of hydrogen-bond acceptors (Lipinski definition) is 6. The van der Waals surface area contributed by atoms with Gasteiger partial charge in [-0.15, -0.1) is 0 Å². The second-order valence-electron chi connectivity index (χ2n) is 4.49. The van der Waals surface area contributed by atoms with E-state index in [1.54, 1.807) is 25.1 Å². The summed E-state index contributed by atoms with van der Waals surface area (Å²) in [6, 6.07) is 5.08. The van der Waals surface area contributed by atoms with Crippen LogP contribution in [0.1, 0.15) is 11.1 Å². The summed E-state index contributed by atoms with van der Waals surface area (Å²) in [4.78, 5) is 0.180. The molecule has 0 saturated carbocycles. The molecule has 7 heteroatoms. The van der Waals surface area contributed by atoms with Crippen molar-refractivity contribution in [1.82, 2.24) is 0 Å². The van der Waals surface area contributed by atoms with Gasteiger partial charge < -0.3 is 14.6 Å². The quantitative estimate of drug-likeness (QED) is 0.513. The van der Waals surface area contributed by atoms with Gasteiger partial charge in [-0.2, -0.15) is 8.42 Å². The second-order valence-corrected chi connectivity index (χ2v) is 6.08. The predicted molar refractivity (Wildman–Crippen MR) is 77.8 cm³/mol. The Kier molecular flexibility index (Phi) is 7.84. The minimum Gasteiger partial charge on any atom is -0.394 e. The highest BCUT2D eigenvalue weighted by atomic mass is 32.2. The van der Waals surface area contributed by atoms with Gasteiger partial charge in [-0.25, -0.2) is 0 Å². The SMILES string of the molecule is Cc1ccc(S(=O)(=O)OCCOCCOCCO)c(C)c1. The number of benzene rings is 1. The molecule has 1 rings (SSSR count). The molecule has 0 aliphatic rings. The number of rotatable bonds is 10. The first-order chi connectivity index (χ1) is 9.97. The average molecular weight is 318 g/mol. The third-order valence-corrected chi connectivity index (χ3v) is 4.15. The van der Waals surface area contributed by atoms with E-state index >= 15 is 0 Å². The van der Waals surface area contributed by atoms with E-state index in [9.17, 15) is 8.42 Å². The van der Waals surface area contributed by atoms with Crippen molar-refractivity contribution in [1.29, 1.82) is 0 Å². The van der Waals surface area contributed by atoms with Crippen LogP contribution in [0.3, 0.4) is 0 Å². The summed E-state index contributed by atoms with van der Waals surface area (Å²) in [5.74, 6) is 0. The summed E-state index contributed by atoms with van der Waals surface area (Å²) in [5.41, 5.74) is 1.66. The summed E-state index contributed by atoms with van der Waals surface area (Å²) < 4.78 is 39.1. The van der Waals surface area contributed by atoms with E-state index < -0.39 is 10.1 Å². The Bertz CT molecular complexity index is 526. The Morgan fingerprint density at radius 1 is 1.00 bits per heavy atom. The summed E-state index contributed by atoms with van der Waals surface area (Å²) in [6.45, 7) is 4.66. The van der Waals surface area contributed by atoms with E-state index in [4.69, 9.17) is 18.8 Å². The van der Waals surface area contributed by atoms with Gasteiger partial charge in [0.15, 0.2) is 0 Å². The lowest BCUT2D eigenvalue weighted by atomic mass is 10.2. The van der Waals surface area contributed by atoms with E-state index in [0.717, 1.165) is 5.56 Å². The van der Waals surface area contributed by atoms with Gasteiger partial charge in [-0.1, -0.05) is 17.7 Å². The number of hydrogen-bond donors (Lipinski definition) is 1. The van der Waals surface area contributed by atoms with Crippen molar-refractivity contribution in [2.75, 3.05) is 39.6 Å². The van der Waals surface area contributed by atoms with Crippen molar-refractivity contribution in [3.05, 3.63) is 29.3 Å². The molecule has 0 heterocycles. The minimum absolute atomic E-state index is 0.0305. The molecule has 0 amide bonds. The first-order valence-electron chi connectivity index (χ1n) is 6.70. The Balaban J connectivity index is 2.33. The molecule has 21 heavy (non-hydrogen) atoms. The second kappa shape index (κ2) is 9.11. The van der Waals surface area contributed by atoms with Crippen LogP contribution in [0, 0.1) is 13.8 Å². The standard InChI is InChI=1S/C14H22O6S/c1-12-3-4-14(13(2)11-12)21(16,17)20-10-9-19-8-7-18-6-5-15/h3-4,11,15H,5-10H2,1-2H3. The monoisotopic (exact) mass is 318 g/mol. The molecule has 6 nitrogen and oxygen atoms in total. The number of aliphatic hydroxyl groups is 1. The fourth-order valence-electron chi connectivity index (χ4n) is 1.73. The maximum absolute atomic E-state index is 12.0. The highest BCUT2D eigenvalue weighted by Gasteiger charge is 2.17. The highest BCUT2D eigenvalue weighted by Crippen LogP contribution is 2.18. The third-order valence-electron chi connectivity index (χ3n) is 2.67. The fraction of sp³-hybridized carbons (Fsp3) is 0.571. The van der Waals surface area contributed by atoms with Gasteiger partial charge in [0, 0.05) is 0 Å². The van der Waals surface area contributed by atoms with Crippen molar-refractivity contribution < 1.29 is 27.2 Å². The lowest BCUT2D eigenvalue weighted by molar-refractivity contribution is 0.0252. The molecule has 0 atom stereocenters. The van der Waals surface area contributed by atoms with Gasteiger partial charge in [0.25, 0.3) is 10.1 Å². The third kappa shape index (κ3) is 6.54. The molecule has 0 aromatic heterocycles. The number of aryl methyl sites for hydroxylation is 2. The maximum atomic E-state index is 12.0.